The highest BCUT2D eigenvalue weighted by Crippen LogP contribution is 2.38. The molecule has 2 rings (SSSR count). The van der Waals surface area contributed by atoms with E-state index in [9.17, 15) is 4.79 Å². The van der Waals surface area contributed by atoms with E-state index < -0.39 is 6.04 Å². The zero-order chi connectivity index (χ0) is 14.9. The van der Waals surface area contributed by atoms with Gasteiger partial charge in [-0.15, -0.1) is 12.4 Å². The second-order valence-electron chi connectivity index (χ2n) is 5.81. The number of nitrogens with two attached hydrogens (primary N) is 1. The number of fused-ring (bicyclic) bond motifs is 1. The SMILES string of the molecule is CC(C)(C)[C@H](N)C(=O)Nc1cc2c(cc1Cl)OCCO2.Cl. The van der Waals surface area contributed by atoms with Crippen LogP contribution in [-0.4, -0.2) is 25.2 Å². The van der Waals surface area contributed by atoms with Gasteiger partial charge in [0.05, 0.1) is 16.8 Å². The predicted molar refractivity (Wildman–Crippen MR) is 85.8 cm³/mol. The van der Waals surface area contributed by atoms with Crippen molar-refractivity contribution in [1.29, 1.82) is 0 Å². The van der Waals surface area contributed by atoms with Gasteiger partial charge >= 0.3 is 0 Å². The fourth-order valence-electron chi connectivity index (χ4n) is 1.76. The Morgan fingerprint density at radius 1 is 1.29 bits per heavy atom. The molecule has 1 aromatic carbocycles. The summed E-state index contributed by atoms with van der Waals surface area (Å²) in [5, 5.41) is 3.13. The summed E-state index contributed by atoms with van der Waals surface area (Å²) in [7, 11) is 0. The van der Waals surface area contributed by atoms with Gasteiger partial charge in [0.25, 0.3) is 0 Å². The average Bonchev–Trinajstić information content (AvgIpc) is 2.37. The molecule has 1 aliphatic heterocycles. The highest BCUT2D eigenvalue weighted by atomic mass is 35.5. The average molecular weight is 335 g/mol. The number of carbonyl (C=O) groups excluding carboxylic acids is 1. The molecule has 0 bridgehead atoms. The summed E-state index contributed by atoms with van der Waals surface area (Å²) in [5.74, 6) is 0.871. The first kappa shape index (κ1) is 17.9. The topological polar surface area (TPSA) is 73.6 Å². The summed E-state index contributed by atoms with van der Waals surface area (Å²) in [4.78, 5) is 12.1. The first-order valence-electron chi connectivity index (χ1n) is 6.44. The lowest BCUT2D eigenvalue weighted by Gasteiger charge is -2.26. The number of hydrogen-bond donors (Lipinski definition) is 2. The largest absolute Gasteiger partial charge is 0.486 e. The molecule has 1 atom stereocenters. The summed E-state index contributed by atoms with van der Waals surface area (Å²) in [6, 6.07) is 2.66. The summed E-state index contributed by atoms with van der Waals surface area (Å²) in [5.41, 5.74) is 6.06. The molecule has 5 nitrogen and oxygen atoms in total. The molecule has 0 unspecified atom stereocenters. The third-order valence-corrected chi connectivity index (χ3v) is 3.42. The number of ether oxygens (including phenoxy) is 2. The molecule has 1 aromatic rings. The van der Waals surface area contributed by atoms with E-state index in [0.29, 0.717) is 35.4 Å². The zero-order valence-corrected chi connectivity index (χ0v) is 13.8. The van der Waals surface area contributed by atoms with Crippen molar-refractivity contribution in [2.75, 3.05) is 18.5 Å². The molecule has 0 saturated carbocycles. The van der Waals surface area contributed by atoms with Gasteiger partial charge in [-0.25, -0.2) is 0 Å². The Balaban J connectivity index is 0.00000220. The van der Waals surface area contributed by atoms with Crippen LogP contribution >= 0.6 is 24.0 Å². The Morgan fingerprint density at radius 2 is 1.81 bits per heavy atom. The summed E-state index contributed by atoms with van der Waals surface area (Å²) in [6.45, 7) is 6.68. The normalized spacial score (nSPS) is 14.9. The fraction of sp³-hybridized carbons (Fsp3) is 0.500. The molecule has 0 fully saturated rings. The number of nitrogens with one attached hydrogen (secondary N) is 1. The smallest absolute Gasteiger partial charge is 0.241 e. The minimum absolute atomic E-state index is 0. The highest BCUT2D eigenvalue weighted by Gasteiger charge is 2.28. The Labute approximate surface area is 135 Å². The van der Waals surface area contributed by atoms with E-state index in [1.54, 1.807) is 12.1 Å². The molecular weight excluding hydrogens is 315 g/mol. The summed E-state index contributed by atoms with van der Waals surface area (Å²) in [6.07, 6.45) is 0. The van der Waals surface area contributed by atoms with E-state index in [2.05, 4.69) is 5.32 Å². The van der Waals surface area contributed by atoms with E-state index in [0.717, 1.165) is 0 Å². The molecule has 7 heteroatoms. The van der Waals surface area contributed by atoms with E-state index in [-0.39, 0.29) is 23.7 Å². The van der Waals surface area contributed by atoms with Crippen molar-refractivity contribution in [2.24, 2.45) is 11.1 Å². The van der Waals surface area contributed by atoms with Crippen LogP contribution in [0.25, 0.3) is 0 Å². The van der Waals surface area contributed by atoms with Gasteiger partial charge < -0.3 is 20.5 Å². The van der Waals surface area contributed by atoms with E-state index >= 15 is 0 Å². The van der Waals surface area contributed by atoms with Crippen LogP contribution < -0.4 is 20.5 Å². The van der Waals surface area contributed by atoms with Crippen molar-refractivity contribution in [2.45, 2.75) is 26.8 Å². The second kappa shape index (κ2) is 6.73. The maximum Gasteiger partial charge on any atom is 0.241 e. The fourth-order valence-corrected chi connectivity index (χ4v) is 1.96. The molecule has 1 heterocycles. The van der Waals surface area contributed by atoms with Crippen LogP contribution in [0.15, 0.2) is 12.1 Å². The number of benzene rings is 1. The molecule has 1 amide bonds. The lowest BCUT2D eigenvalue weighted by atomic mass is 9.87. The van der Waals surface area contributed by atoms with Crippen molar-refractivity contribution in [3.8, 4) is 11.5 Å². The molecular formula is C14H20Cl2N2O3. The number of amides is 1. The van der Waals surface area contributed by atoms with Crippen LogP contribution in [0.2, 0.25) is 5.02 Å². The molecule has 0 radical (unpaired) electrons. The first-order chi connectivity index (χ1) is 9.29. The van der Waals surface area contributed by atoms with Gasteiger partial charge in [0.2, 0.25) is 5.91 Å². The Bertz CT molecular complexity index is 530. The van der Waals surface area contributed by atoms with E-state index in [1.165, 1.54) is 0 Å². The van der Waals surface area contributed by atoms with Gasteiger partial charge in [-0.2, -0.15) is 0 Å². The number of hydrogen-bond acceptors (Lipinski definition) is 4. The van der Waals surface area contributed by atoms with Gasteiger partial charge in [0.15, 0.2) is 11.5 Å². The molecule has 0 aliphatic carbocycles. The van der Waals surface area contributed by atoms with Gasteiger partial charge in [-0.05, 0) is 5.41 Å². The van der Waals surface area contributed by atoms with Crippen molar-refractivity contribution in [1.82, 2.24) is 0 Å². The number of rotatable bonds is 2. The Kier molecular flexibility index (Phi) is 5.73. The maximum absolute atomic E-state index is 12.1. The van der Waals surface area contributed by atoms with Crippen LogP contribution in [0.1, 0.15) is 20.8 Å². The minimum Gasteiger partial charge on any atom is -0.486 e. The van der Waals surface area contributed by atoms with Crippen LogP contribution in [0.5, 0.6) is 11.5 Å². The monoisotopic (exact) mass is 334 g/mol. The second-order valence-corrected chi connectivity index (χ2v) is 6.22. The summed E-state index contributed by atoms with van der Waals surface area (Å²) >= 11 is 6.13. The molecule has 0 saturated heterocycles. The van der Waals surface area contributed by atoms with Gasteiger partial charge in [0.1, 0.15) is 13.2 Å². The highest BCUT2D eigenvalue weighted by molar-refractivity contribution is 6.34. The Hall–Kier alpha value is -1.17. The molecule has 3 N–H and O–H groups in total. The maximum atomic E-state index is 12.1. The zero-order valence-electron chi connectivity index (χ0n) is 12.2. The van der Waals surface area contributed by atoms with Crippen LogP contribution in [0.3, 0.4) is 0 Å². The van der Waals surface area contributed by atoms with Crippen LogP contribution in [0, 0.1) is 5.41 Å². The van der Waals surface area contributed by atoms with Crippen LogP contribution in [-0.2, 0) is 4.79 Å². The number of halogens is 2. The van der Waals surface area contributed by atoms with Crippen molar-refractivity contribution in [3.63, 3.8) is 0 Å². The van der Waals surface area contributed by atoms with Crippen LogP contribution in [0.4, 0.5) is 5.69 Å². The lowest BCUT2D eigenvalue weighted by Crippen LogP contribution is -2.45. The molecule has 118 valence electrons. The minimum atomic E-state index is -0.633. The molecule has 1 aliphatic rings. The Morgan fingerprint density at radius 3 is 2.33 bits per heavy atom. The van der Waals surface area contributed by atoms with Crippen molar-refractivity contribution in [3.05, 3.63) is 17.2 Å². The van der Waals surface area contributed by atoms with Gasteiger partial charge in [0, 0.05) is 12.1 Å². The van der Waals surface area contributed by atoms with E-state index in [1.807, 2.05) is 20.8 Å². The lowest BCUT2D eigenvalue weighted by molar-refractivity contribution is -0.119. The molecule has 21 heavy (non-hydrogen) atoms. The third-order valence-electron chi connectivity index (χ3n) is 3.11. The van der Waals surface area contributed by atoms with Gasteiger partial charge in [-0.1, -0.05) is 32.4 Å². The standard InChI is InChI=1S/C14H19ClN2O3.ClH/c1-14(2,3)12(16)13(18)17-9-7-11-10(6-8(9)15)19-4-5-20-11;/h6-7,12H,4-5,16H2,1-3H3,(H,17,18);1H/t12-;/m1./s1. The predicted octanol–water partition coefficient (Wildman–Crippen LogP) is 2.84. The van der Waals surface area contributed by atoms with Crippen molar-refractivity contribution < 1.29 is 14.3 Å². The third kappa shape index (κ3) is 4.15. The quantitative estimate of drug-likeness (QED) is 0.872. The molecule has 0 aromatic heterocycles. The van der Waals surface area contributed by atoms with E-state index in [4.69, 9.17) is 26.8 Å². The van der Waals surface area contributed by atoms with Crippen molar-refractivity contribution >= 4 is 35.6 Å². The summed E-state index contributed by atoms with van der Waals surface area (Å²) < 4.78 is 10.9. The molecule has 0 spiro atoms. The van der Waals surface area contributed by atoms with Gasteiger partial charge in [-0.3, -0.25) is 4.79 Å². The number of carbonyl (C=O) groups is 1. The first-order valence-corrected chi connectivity index (χ1v) is 6.82. The number of anilines is 1.